The number of fused-ring (bicyclic) bond motifs is 1. The monoisotopic (exact) mass is 292 g/mol. The van der Waals surface area contributed by atoms with Gasteiger partial charge in [0, 0.05) is 24.5 Å². The average molecular weight is 293 g/mol. The number of likely N-dealkylation sites (tertiary alicyclic amines) is 1. The molecule has 0 bridgehead atoms. The average Bonchev–Trinajstić information content (AvgIpc) is 2.88. The number of imide groups is 1. The lowest BCUT2D eigenvalue weighted by Crippen LogP contribution is -2.36. The van der Waals surface area contributed by atoms with Crippen molar-refractivity contribution in [2.45, 2.75) is 19.0 Å². The molecule has 2 aromatic rings. The van der Waals surface area contributed by atoms with Crippen LogP contribution in [0.3, 0.4) is 0 Å². The first-order valence-corrected chi connectivity index (χ1v) is 6.65. The van der Waals surface area contributed by atoms with Crippen LogP contribution < -0.4 is 5.32 Å². The van der Waals surface area contributed by atoms with Crippen molar-refractivity contribution >= 4 is 34.4 Å². The Labute approximate surface area is 120 Å². The van der Waals surface area contributed by atoms with Crippen LogP contribution in [0.2, 0.25) is 5.22 Å². The van der Waals surface area contributed by atoms with E-state index in [0.29, 0.717) is 17.3 Å². The van der Waals surface area contributed by atoms with Crippen LogP contribution >= 0.6 is 11.6 Å². The van der Waals surface area contributed by atoms with Gasteiger partial charge in [-0.1, -0.05) is 18.2 Å². The molecule has 1 atom stereocenters. The van der Waals surface area contributed by atoms with Gasteiger partial charge in [-0.25, -0.2) is 0 Å². The van der Waals surface area contributed by atoms with Gasteiger partial charge in [0.1, 0.15) is 5.58 Å². The summed E-state index contributed by atoms with van der Waals surface area (Å²) < 4.78 is 5.45. The Bertz CT molecular complexity index is 695. The maximum Gasteiger partial charge on any atom is 0.246 e. The van der Waals surface area contributed by atoms with Crippen molar-refractivity contribution in [1.82, 2.24) is 10.2 Å². The molecule has 0 radical (unpaired) electrons. The zero-order valence-electron chi connectivity index (χ0n) is 10.9. The van der Waals surface area contributed by atoms with Gasteiger partial charge in [-0.05, 0) is 17.7 Å². The molecule has 1 aliphatic rings. The summed E-state index contributed by atoms with van der Waals surface area (Å²) in [6, 6.07) is 7.03. The molecule has 104 valence electrons. The molecule has 1 fully saturated rings. The molecule has 1 aliphatic heterocycles. The summed E-state index contributed by atoms with van der Waals surface area (Å²) in [4.78, 5) is 24.4. The number of benzene rings is 1. The molecule has 3 rings (SSSR count). The lowest BCUT2D eigenvalue weighted by Gasteiger charge is -2.10. The Kier molecular flexibility index (Phi) is 3.23. The lowest BCUT2D eigenvalue weighted by molar-refractivity contribution is -0.137. The fraction of sp³-hybridized carbons (Fsp3) is 0.286. The first-order valence-electron chi connectivity index (χ1n) is 6.27. The number of nitrogens with one attached hydrogen (secondary N) is 1. The van der Waals surface area contributed by atoms with Crippen LogP contribution in [0.15, 0.2) is 28.7 Å². The van der Waals surface area contributed by atoms with Crippen LogP contribution in [0.25, 0.3) is 11.0 Å². The number of hydrogen-bond acceptors (Lipinski definition) is 4. The van der Waals surface area contributed by atoms with Crippen LogP contribution in [-0.4, -0.2) is 29.8 Å². The summed E-state index contributed by atoms with van der Waals surface area (Å²) in [6.45, 7) is 0.382. The summed E-state index contributed by atoms with van der Waals surface area (Å²) in [5, 5.41) is 4.29. The number of furan rings is 1. The number of amides is 2. The van der Waals surface area contributed by atoms with Crippen molar-refractivity contribution in [1.29, 1.82) is 0 Å². The zero-order valence-corrected chi connectivity index (χ0v) is 11.6. The molecule has 6 heteroatoms. The topological polar surface area (TPSA) is 62.6 Å². The van der Waals surface area contributed by atoms with Crippen molar-refractivity contribution in [3.63, 3.8) is 0 Å². The highest BCUT2D eigenvalue weighted by atomic mass is 35.5. The van der Waals surface area contributed by atoms with E-state index < -0.39 is 6.04 Å². The Morgan fingerprint density at radius 1 is 1.40 bits per heavy atom. The molecular formula is C14H13ClN2O3. The Morgan fingerprint density at radius 2 is 2.15 bits per heavy atom. The van der Waals surface area contributed by atoms with Crippen molar-refractivity contribution < 1.29 is 14.0 Å². The molecule has 1 aromatic carbocycles. The highest BCUT2D eigenvalue weighted by molar-refractivity contribution is 6.30. The smallest absolute Gasteiger partial charge is 0.246 e. The minimum absolute atomic E-state index is 0.171. The van der Waals surface area contributed by atoms with Crippen LogP contribution in [0.4, 0.5) is 0 Å². The number of carbonyl (C=O) groups is 2. The molecular weight excluding hydrogens is 280 g/mol. The first-order chi connectivity index (χ1) is 9.58. The van der Waals surface area contributed by atoms with E-state index in [1.165, 1.54) is 7.05 Å². The SMILES string of the molecule is CN1C(=O)CC(NCc2c(Cl)oc3ccccc23)C1=O. The van der Waals surface area contributed by atoms with E-state index in [9.17, 15) is 9.59 Å². The molecule has 1 unspecified atom stereocenters. The van der Waals surface area contributed by atoms with Gasteiger partial charge < -0.3 is 9.73 Å². The van der Waals surface area contributed by atoms with E-state index in [1.807, 2.05) is 24.3 Å². The van der Waals surface area contributed by atoms with Gasteiger partial charge >= 0.3 is 0 Å². The van der Waals surface area contributed by atoms with E-state index in [0.717, 1.165) is 15.8 Å². The quantitative estimate of drug-likeness (QED) is 0.878. The molecule has 20 heavy (non-hydrogen) atoms. The first kappa shape index (κ1) is 13.1. The number of para-hydroxylation sites is 1. The predicted octanol–water partition coefficient (Wildman–Crippen LogP) is 1.93. The minimum atomic E-state index is -0.489. The van der Waals surface area contributed by atoms with Crippen molar-refractivity contribution in [3.8, 4) is 0 Å². The minimum Gasteiger partial charge on any atom is -0.444 e. The number of hydrogen-bond donors (Lipinski definition) is 1. The van der Waals surface area contributed by atoms with Crippen LogP contribution in [0.1, 0.15) is 12.0 Å². The number of rotatable bonds is 3. The Morgan fingerprint density at radius 3 is 2.85 bits per heavy atom. The predicted molar refractivity (Wildman–Crippen MR) is 74.2 cm³/mol. The second-order valence-electron chi connectivity index (χ2n) is 4.78. The highest BCUT2D eigenvalue weighted by Gasteiger charge is 2.35. The fourth-order valence-corrected chi connectivity index (χ4v) is 2.63. The third kappa shape index (κ3) is 2.09. The molecule has 2 heterocycles. The highest BCUT2D eigenvalue weighted by Crippen LogP contribution is 2.29. The summed E-state index contributed by atoms with van der Waals surface area (Å²) in [5.41, 5.74) is 1.51. The number of nitrogens with zero attached hydrogens (tertiary/aromatic N) is 1. The van der Waals surface area contributed by atoms with Crippen molar-refractivity contribution in [2.24, 2.45) is 0 Å². The normalized spacial score (nSPS) is 19.3. The maximum atomic E-state index is 11.8. The molecule has 0 aliphatic carbocycles. The third-order valence-electron chi connectivity index (χ3n) is 3.56. The van der Waals surface area contributed by atoms with Gasteiger partial charge in [-0.3, -0.25) is 14.5 Å². The van der Waals surface area contributed by atoms with Gasteiger partial charge in [-0.2, -0.15) is 0 Å². The molecule has 1 aromatic heterocycles. The van der Waals surface area contributed by atoms with Crippen molar-refractivity contribution in [3.05, 3.63) is 35.0 Å². The lowest BCUT2D eigenvalue weighted by atomic mass is 10.1. The molecule has 0 spiro atoms. The zero-order chi connectivity index (χ0) is 14.3. The second kappa shape index (κ2) is 4.92. The molecule has 0 saturated carbocycles. The largest absolute Gasteiger partial charge is 0.444 e. The fourth-order valence-electron chi connectivity index (χ4n) is 2.37. The molecule has 1 saturated heterocycles. The van der Waals surface area contributed by atoms with E-state index >= 15 is 0 Å². The molecule has 2 amide bonds. The number of carbonyl (C=O) groups excluding carboxylic acids is 2. The molecule has 5 nitrogen and oxygen atoms in total. The third-order valence-corrected chi connectivity index (χ3v) is 3.86. The van der Waals surface area contributed by atoms with Gasteiger partial charge in [0.05, 0.1) is 12.5 Å². The van der Waals surface area contributed by atoms with Gasteiger partial charge in [0.25, 0.3) is 0 Å². The Balaban J connectivity index is 1.79. The van der Waals surface area contributed by atoms with E-state index in [2.05, 4.69) is 5.32 Å². The van der Waals surface area contributed by atoms with E-state index in [4.69, 9.17) is 16.0 Å². The standard InChI is InChI=1S/C14H13ClN2O3/c1-17-12(18)6-10(14(17)19)16-7-9-8-4-2-3-5-11(8)20-13(9)15/h2-5,10,16H,6-7H2,1H3. The maximum absolute atomic E-state index is 11.8. The van der Waals surface area contributed by atoms with Gasteiger partial charge in [0.15, 0.2) is 5.22 Å². The number of likely N-dealkylation sites (N-methyl/N-ethyl adjacent to an activating group) is 1. The molecule has 1 N–H and O–H groups in total. The van der Waals surface area contributed by atoms with Crippen molar-refractivity contribution in [2.75, 3.05) is 7.05 Å². The van der Waals surface area contributed by atoms with Crippen LogP contribution in [0, 0.1) is 0 Å². The summed E-state index contributed by atoms with van der Waals surface area (Å²) in [6.07, 6.45) is 0.183. The summed E-state index contributed by atoms with van der Waals surface area (Å²) in [5.74, 6) is -0.380. The summed E-state index contributed by atoms with van der Waals surface area (Å²) in [7, 11) is 1.49. The van der Waals surface area contributed by atoms with Gasteiger partial charge in [-0.15, -0.1) is 0 Å². The van der Waals surface area contributed by atoms with E-state index in [-0.39, 0.29) is 18.2 Å². The van der Waals surface area contributed by atoms with Crippen LogP contribution in [-0.2, 0) is 16.1 Å². The second-order valence-corrected chi connectivity index (χ2v) is 5.12. The van der Waals surface area contributed by atoms with Gasteiger partial charge in [0.2, 0.25) is 11.8 Å². The van der Waals surface area contributed by atoms with E-state index in [1.54, 1.807) is 0 Å². The van der Waals surface area contributed by atoms with Crippen LogP contribution in [0.5, 0.6) is 0 Å². The number of halogens is 1. The summed E-state index contributed by atoms with van der Waals surface area (Å²) >= 11 is 6.08. The Hall–Kier alpha value is -1.85.